The van der Waals surface area contributed by atoms with Crippen molar-refractivity contribution in [1.29, 1.82) is 0 Å². The number of esters is 2. The molecule has 0 N–H and O–H groups in total. The number of hydrogen-bond donors (Lipinski definition) is 0. The monoisotopic (exact) mass is 366 g/mol. The summed E-state index contributed by atoms with van der Waals surface area (Å²) in [5.41, 5.74) is 0. The van der Waals surface area contributed by atoms with Crippen molar-refractivity contribution in [1.82, 2.24) is 0 Å². The van der Waals surface area contributed by atoms with Gasteiger partial charge in [0.1, 0.15) is 0 Å². The molecule has 0 spiro atoms. The van der Waals surface area contributed by atoms with Gasteiger partial charge in [-0.25, -0.2) is 0 Å². The highest BCUT2D eigenvalue weighted by atomic mass is 16.5. The quantitative estimate of drug-likeness (QED) is 0.203. The lowest BCUT2D eigenvalue weighted by Crippen LogP contribution is -2.11. The van der Waals surface area contributed by atoms with E-state index in [9.17, 15) is 9.59 Å². The molecule has 0 atom stereocenters. The molecule has 0 aliphatic rings. The number of ether oxygens (including phenoxy) is 2. The maximum atomic E-state index is 11.5. The maximum absolute atomic E-state index is 11.5. The largest absolute Gasteiger partial charge is 0.466 e. The molecule has 0 aliphatic carbocycles. The third-order valence-electron chi connectivity index (χ3n) is 4.13. The van der Waals surface area contributed by atoms with E-state index in [0.29, 0.717) is 6.61 Å². The second-order valence-electron chi connectivity index (χ2n) is 6.67. The van der Waals surface area contributed by atoms with Crippen molar-refractivity contribution < 1.29 is 19.1 Å². The number of rotatable bonds is 16. The Balaban J connectivity index is 3.43. The average Bonchev–Trinajstić information content (AvgIpc) is 2.64. The van der Waals surface area contributed by atoms with Crippen LogP contribution in [-0.2, 0) is 19.1 Å². The first kappa shape index (κ1) is 24.5. The fourth-order valence-corrected chi connectivity index (χ4v) is 2.49. The predicted molar refractivity (Wildman–Crippen MR) is 106 cm³/mol. The zero-order chi connectivity index (χ0) is 19.3. The van der Waals surface area contributed by atoms with Crippen molar-refractivity contribution in [2.75, 3.05) is 13.2 Å². The number of carbonyl (C=O) groups is 2. The molecule has 26 heavy (non-hydrogen) atoms. The molecule has 0 aliphatic heterocycles. The Kier molecular flexibility index (Phi) is 18.7. The van der Waals surface area contributed by atoms with Crippen LogP contribution < -0.4 is 0 Å². The minimum Gasteiger partial charge on any atom is -0.466 e. The Hall–Kier alpha value is -1.50. The van der Waals surface area contributed by atoms with Crippen LogP contribution in [0.25, 0.3) is 0 Å². The van der Waals surface area contributed by atoms with Gasteiger partial charge in [0.05, 0.1) is 19.4 Å². The van der Waals surface area contributed by atoms with Crippen LogP contribution in [-0.4, -0.2) is 25.2 Å². The molecule has 0 unspecified atom stereocenters. The van der Waals surface area contributed by atoms with E-state index < -0.39 is 5.97 Å². The third-order valence-corrected chi connectivity index (χ3v) is 4.13. The van der Waals surface area contributed by atoms with E-state index in [1.165, 1.54) is 44.9 Å². The Morgan fingerprint density at radius 2 is 1.19 bits per heavy atom. The molecule has 0 aromatic heterocycles. The van der Waals surface area contributed by atoms with Gasteiger partial charge in [0.25, 0.3) is 0 Å². The van der Waals surface area contributed by atoms with E-state index in [1.807, 2.05) is 0 Å². The van der Waals surface area contributed by atoms with E-state index in [-0.39, 0.29) is 25.4 Å². The fraction of sp³-hybridized carbons (Fsp3) is 0.818. The highest BCUT2D eigenvalue weighted by Crippen LogP contribution is 2.09. The van der Waals surface area contributed by atoms with Gasteiger partial charge in [-0.05, 0) is 12.8 Å². The van der Waals surface area contributed by atoms with Gasteiger partial charge >= 0.3 is 11.9 Å². The van der Waals surface area contributed by atoms with Gasteiger partial charge in [-0.1, -0.05) is 83.5 Å². The number of carbonyl (C=O) groups excluding carboxylic acids is 2. The zero-order valence-electron chi connectivity index (χ0n) is 16.9. The molecule has 0 bridgehead atoms. The average molecular weight is 367 g/mol. The van der Waals surface area contributed by atoms with Crippen molar-refractivity contribution in [3.05, 3.63) is 0 Å². The first-order valence-electron chi connectivity index (χ1n) is 10.5. The highest BCUT2D eigenvalue weighted by Gasteiger charge is 2.08. The second kappa shape index (κ2) is 19.8. The topological polar surface area (TPSA) is 52.6 Å². The van der Waals surface area contributed by atoms with Gasteiger partial charge in [-0.3, -0.25) is 9.59 Å². The number of hydrogen-bond acceptors (Lipinski definition) is 4. The molecule has 0 saturated heterocycles. The lowest BCUT2D eigenvalue weighted by molar-refractivity contribution is -0.149. The standard InChI is InChI=1S/C22H38O4/c1-3-5-7-8-9-10-11-12-13-14-16-20-26-22(24)18-17-21(23)25-19-15-6-4-2/h3-13,15,17-20H2,1-2H3. The molecule has 0 amide bonds. The number of unbranched alkanes of at least 4 members (excludes halogenated alkanes) is 10. The van der Waals surface area contributed by atoms with Crippen LogP contribution in [0, 0.1) is 11.8 Å². The van der Waals surface area contributed by atoms with Crippen molar-refractivity contribution in [2.45, 2.75) is 104 Å². The summed E-state index contributed by atoms with van der Waals surface area (Å²) >= 11 is 0. The van der Waals surface area contributed by atoms with Gasteiger partial charge in [0, 0.05) is 6.42 Å². The molecular formula is C22H38O4. The second-order valence-corrected chi connectivity index (χ2v) is 6.67. The van der Waals surface area contributed by atoms with Gasteiger partial charge < -0.3 is 9.47 Å². The highest BCUT2D eigenvalue weighted by molar-refractivity contribution is 5.77. The Morgan fingerprint density at radius 1 is 0.654 bits per heavy atom. The molecule has 150 valence electrons. The van der Waals surface area contributed by atoms with Gasteiger partial charge in [0.2, 0.25) is 0 Å². The maximum Gasteiger partial charge on any atom is 0.307 e. The summed E-state index contributed by atoms with van der Waals surface area (Å²) in [5.74, 6) is 5.17. The predicted octanol–water partition coefficient (Wildman–Crippen LogP) is 5.58. The van der Waals surface area contributed by atoms with E-state index in [0.717, 1.165) is 32.1 Å². The molecule has 0 aromatic rings. The molecular weight excluding hydrogens is 328 g/mol. The summed E-state index contributed by atoms with van der Waals surface area (Å²) < 4.78 is 10.0. The van der Waals surface area contributed by atoms with Crippen molar-refractivity contribution in [3.8, 4) is 11.8 Å². The summed E-state index contributed by atoms with van der Waals surface area (Å²) in [5, 5.41) is 0. The molecule has 0 fully saturated rings. The van der Waals surface area contributed by atoms with Crippen LogP contribution >= 0.6 is 0 Å². The summed E-state index contributed by atoms with van der Waals surface area (Å²) in [4.78, 5) is 22.9. The van der Waals surface area contributed by atoms with Gasteiger partial charge in [-0.2, -0.15) is 0 Å². The van der Waals surface area contributed by atoms with Crippen molar-refractivity contribution in [2.24, 2.45) is 0 Å². The molecule has 0 rings (SSSR count). The van der Waals surface area contributed by atoms with Crippen molar-refractivity contribution in [3.63, 3.8) is 0 Å². The Bertz CT molecular complexity index is 406. The summed E-state index contributed by atoms with van der Waals surface area (Å²) in [6.07, 6.45) is 14.3. The Morgan fingerprint density at radius 3 is 1.85 bits per heavy atom. The minimum atomic E-state index is -0.392. The third kappa shape index (κ3) is 18.8. The molecule has 0 radical (unpaired) electrons. The normalized spacial score (nSPS) is 10.1. The van der Waals surface area contributed by atoms with E-state index in [4.69, 9.17) is 9.47 Å². The smallest absolute Gasteiger partial charge is 0.307 e. The first-order chi connectivity index (χ1) is 12.7. The van der Waals surface area contributed by atoms with Crippen molar-refractivity contribution >= 4 is 11.9 Å². The Labute approximate surface area is 160 Å². The van der Waals surface area contributed by atoms with Crippen LogP contribution in [0.4, 0.5) is 0 Å². The van der Waals surface area contributed by atoms with Gasteiger partial charge in [-0.15, -0.1) is 0 Å². The van der Waals surface area contributed by atoms with Crippen LogP contribution in [0.5, 0.6) is 0 Å². The van der Waals surface area contributed by atoms with Crippen LogP contribution in [0.15, 0.2) is 0 Å². The minimum absolute atomic E-state index is 0.0618. The zero-order valence-corrected chi connectivity index (χ0v) is 16.9. The van der Waals surface area contributed by atoms with E-state index >= 15 is 0 Å². The van der Waals surface area contributed by atoms with Crippen LogP contribution in [0.3, 0.4) is 0 Å². The summed E-state index contributed by atoms with van der Waals surface area (Å²) in [6, 6.07) is 0. The lowest BCUT2D eigenvalue weighted by Gasteiger charge is -2.04. The van der Waals surface area contributed by atoms with Crippen LogP contribution in [0.1, 0.15) is 104 Å². The van der Waals surface area contributed by atoms with Crippen LogP contribution in [0.2, 0.25) is 0 Å². The molecule has 0 saturated carbocycles. The van der Waals surface area contributed by atoms with E-state index in [1.54, 1.807) is 0 Å². The molecule has 4 heteroatoms. The van der Waals surface area contributed by atoms with Gasteiger partial charge in [0.15, 0.2) is 6.61 Å². The summed E-state index contributed by atoms with van der Waals surface area (Å²) in [7, 11) is 0. The lowest BCUT2D eigenvalue weighted by atomic mass is 10.1. The van der Waals surface area contributed by atoms with E-state index in [2.05, 4.69) is 25.7 Å². The molecule has 0 aromatic carbocycles. The SMILES string of the molecule is CCCCCCCCCCC#CCOC(=O)CCC(=O)OCCCCC. The molecule has 0 heterocycles. The molecule has 4 nitrogen and oxygen atoms in total. The fourth-order valence-electron chi connectivity index (χ4n) is 2.49. The summed E-state index contributed by atoms with van der Waals surface area (Å²) in [6.45, 7) is 4.88. The first-order valence-corrected chi connectivity index (χ1v) is 10.5.